The lowest BCUT2D eigenvalue weighted by atomic mass is 10.1. The summed E-state index contributed by atoms with van der Waals surface area (Å²) in [5.74, 6) is -0.240. The lowest BCUT2D eigenvalue weighted by Crippen LogP contribution is -2.39. The number of hydrogen-bond donors (Lipinski definition) is 3. The van der Waals surface area contributed by atoms with Gasteiger partial charge in [-0.2, -0.15) is 0 Å². The van der Waals surface area contributed by atoms with Crippen molar-refractivity contribution in [1.29, 1.82) is 0 Å². The van der Waals surface area contributed by atoms with Gasteiger partial charge in [0.05, 0.1) is 6.04 Å². The molecule has 0 aromatic heterocycles. The minimum absolute atomic E-state index is 0.205. The average molecular weight is 416 g/mol. The van der Waals surface area contributed by atoms with E-state index in [0.717, 1.165) is 11.1 Å². The van der Waals surface area contributed by atoms with Crippen molar-refractivity contribution in [3.63, 3.8) is 0 Å². The number of carbonyl (C=O) groups excluding carboxylic acids is 2. The molecule has 0 saturated carbocycles. The minimum Gasteiger partial charge on any atom is -0.491 e. The van der Waals surface area contributed by atoms with E-state index in [9.17, 15) is 9.59 Å². The van der Waals surface area contributed by atoms with E-state index in [1.54, 1.807) is 35.8 Å². The van der Waals surface area contributed by atoms with Gasteiger partial charge in [-0.1, -0.05) is 60.7 Å². The van der Waals surface area contributed by atoms with Gasteiger partial charge in [0.15, 0.2) is 0 Å². The Morgan fingerprint density at radius 3 is 2.19 bits per heavy atom. The maximum absolute atomic E-state index is 12.5. The molecule has 3 rings (SSSR count). The van der Waals surface area contributed by atoms with Crippen molar-refractivity contribution in [2.24, 2.45) is 0 Å². The van der Waals surface area contributed by atoms with Gasteiger partial charge in [-0.15, -0.1) is 0 Å². The molecule has 31 heavy (non-hydrogen) atoms. The molecule has 0 spiro atoms. The van der Waals surface area contributed by atoms with E-state index in [1.807, 2.05) is 60.7 Å². The lowest BCUT2D eigenvalue weighted by molar-refractivity contribution is -0.117. The third-order valence-electron chi connectivity index (χ3n) is 4.57. The predicted octanol–water partition coefficient (Wildman–Crippen LogP) is 3.63. The Bertz CT molecular complexity index is 1000. The molecule has 0 heterocycles. The van der Waals surface area contributed by atoms with Gasteiger partial charge in [-0.05, 0) is 47.9 Å². The van der Waals surface area contributed by atoms with Crippen LogP contribution in [0.25, 0.3) is 6.08 Å². The van der Waals surface area contributed by atoms with Crippen molar-refractivity contribution in [3.8, 4) is 5.75 Å². The van der Waals surface area contributed by atoms with Crippen LogP contribution in [0, 0.1) is 0 Å². The summed E-state index contributed by atoms with van der Waals surface area (Å²) >= 11 is 0. The third-order valence-corrected chi connectivity index (χ3v) is 4.57. The van der Waals surface area contributed by atoms with E-state index in [4.69, 9.17) is 9.94 Å². The minimum atomic E-state index is -0.592. The zero-order valence-electron chi connectivity index (χ0n) is 16.9. The Morgan fingerprint density at radius 2 is 1.55 bits per heavy atom. The molecule has 158 valence electrons. The van der Waals surface area contributed by atoms with Crippen molar-refractivity contribution in [2.45, 2.75) is 12.5 Å². The number of hydroxylamine groups is 1. The van der Waals surface area contributed by atoms with Gasteiger partial charge in [0, 0.05) is 11.6 Å². The Hall–Kier alpha value is -3.90. The van der Waals surface area contributed by atoms with Crippen LogP contribution >= 0.6 is 0 Å². The van der Waals surface area contributed by atoms with Gasteiger partial charge in [0.1, 0.15) is 12.4 Å². The van der Waals surface area contributed by atoms with Crippen molar-refractivity contribution < 1.29 is 19.5 Å². The topological polar surface area (TPSA) is 87.7 Å². The maximum atomic E-state index is 12.5. The second-order valence-electron chi connectivity index (χ2n) is 6.92. The molecule has 0 fully saturated rings. The van der Waals surface area contributed by atoms with Crippen LogP contribution in [0.15, 0.2) is 91.0 Å². The Labute approximate surface area is 181 Å². The Morgan fingerprint density at radius 1 is 0.903 bits per heavy atom. The Kier molecular flexibility index (Phi) is 7.97. The molecule has 0 saturated heterocycles. The van der Waals surface area contributed by atoms with E-state index in [2.05, 4.69) is 5.32 Å². The first kappa shape index (κ1) is 21.8. The standard InChI is InChI=1S/C25H24N2O4/c28-24(16-11-19-7-3-1-4-8-19)26-22(17-20-9-5-2-6-10-20)18-31-23-14-12-21(13-15-23)25(29)27-30/h1-16,22,30H,17-18H2,(H,26,28)(H,27,29)/t22-/m0/s1. The largest absolute Gasteiger partial charge is 0.491 e. The molecule has 2 amide bonds. The summed E-state index contributed by atoms with van der Waals surface area (Å²) < 4.78 is 5.84. The number of nitrogens with one attached hydrogen (secondary N) is 2. The molecular weight excluding hydrogens is 392 g/mol. The first-order valence-electron chi connectivity index (χ1n) is 9.89. The van der Waals surface area contributed by atoms with Gasteiger partial charge in [0.2, 0.25) is 5.91 Å². The van der Waals surface area contributed by atoms with Crippen LogP contribution in [-0.2, 0) is 11.2 Å². The highest BCUT2D eigenvalue weighted by Gasteiger charge is 2.13. The highest BCUT2D eigenvalue weighted by molar-refractivity contribution is 5.93. The van der Waals surface area contributed by atoms with Gasteiger partial charge >= 0.3 is 0 Å². The molecule has 0 aliphatic carbocycles. The fourth-order valence-electron chi connectivity index (χ4n) is 3.00. The molecule has 1 atom stereocenters. The highest BCUT2D eigenvalue weighted by atomic mass is 16.5. The molecule has 0 radical (unpaired) electrons. The van der Waals surface area contributed by atoms with Gasteiger partial charge in [-0.3, -0.25) is 14.8 Å². The predicted molar refractivity (Wildman–Crippen MR) is 119 cm³/mol. The van der Waals surface area contributed by atoms with Gasteiger partial charge < -0.3 is 10.1 Å². The zero-order valence-corrected chi connectivity index (χ0v) is 16.9. The fourth-order valence-corrected chi connectivity index (χ4v) is 3.00. The molecule has 0 bridgehead atoms. The molecule has 0 unspecified atom stereocenters. The van der Waals surface area contributed by atoms with Gasteiger partial charge in [0.25, 0.3) is 5.91 Å². The van der Waals surface area contributed by atoms with Crippen LogP contribution in [0.2, 0.25) is 0 Å². The molecule has 0 aliphatic heterocycles. The van der Waals surface area contributed by atoms with E-state index >= 15 is 0 Å². The van der Waals surface area contributed by atoms with E-state index in [-0.39, 0.29) is 18.6 Å². The Balaban J connectivity index is 1.63. The number of rotatable bonds is 9. The normalized spacial score (nSPS) is 11.6. The monoisotopic (exact) mass is 416 g/mol. The first-order valence-corrected chi connectivity index (χ1v) is 9.89. The number of carbonyl (C=O) groups is 2. The fraction of sp³-hybridized carbons (Fsp3) is 0.120. The zero-order chi connectivity index (χ0) is 21.9. The number of hydrogen-bond acceptors (Lipinski definition) is 4. The number of benzene rings is 3. The van der Waals surface area contributed by atoms with E-state index in [0.29, 0.717) is 17.7 Å². The lowest BCUT2D eigenvalue weighted by Gasteiger charge is -2.19. The summed E-state index contributed by atoms with van der Waals surface area (Å²) in [6, 6.07) is 25.6. The summed E-state index contributed by atoms with van der Waals surface area (Å²) in [5.41, 5.74) is 3.93. The van der Waals surface area contributed by atoms with Crippen LogP contribution in [0.3, 0.4) is 0 Å². The van der Waals surface area contributed by atoms with Gasteiger partial charge in [-0.25, -0.2) is 5.48 Å². The summed E-state index contributed by atoms with van der Waals surface area (Å²) in [5, 5.41) is 11.7. The van der Waals surface area contributed by atoms with Crippen LogP contribution in [0.4, 0.5) is 0 Å². The molecule has 6 nitrogen and oxygen atoms in total. The second-order valence-corrected chi connectivity index (χ2v) is 6.92. The number of amides is 2. The summed E-state index contributed by atoms with van der Waals surface area (Å²) in [7, 11) is 0. The molecule has 3 aromatic rings. The van der Waals surface area contributed by atoms with Crippen molar-refractivity contribution >= 4 is 17.9 Å². The molecule has 6 heteroatoms. The van der Waals surface area contributed by atoms with Crippen LogP contribution < -0.4 is 15.5 Å². The summed E-state index contributed by atoms with van der Waals surface area (Å²) in [6.07, 6.45) is 3.88. The molecule has 0 aliphatic rings. The van der Waals surface area contributed by atoms with E-state index < -0.39 is 5.91 Å². The summed E-state index contributed by atoms with van der Waals surface area (Å²) in [4.78, 5) is 23.9. The molecule has 3 N–H and O–H groups in total. The molecule has 3 aromatic carbocycles. The average Bonchev–Trinajstić information content (AvgIpc) is 2.82. The number of ether oxygens (including phenoxy) is 1. The van der Waals surface area contributed by atoms with Crippen LogP contribution in [-0.4, -0.2) is 29.7 Å². The van der Waals surface area contributed by atoms with Crippen LogP contribution in [0.1, 0.15) is 21.5 Å². The maximum Gasteiger partial charge on any atom is 0.274 e. The SMILES string of the molecule is O=C(C=Cc1ccccc1)N[C@H](COc1ccc(C(=O)NO)cc1)Cc1ccccc1. The molecular formula is C25H24N2O4. The third kappa shape index (κ3) is 7.13. The van der Waals surface area contributed by atoms with Crippen molar-refractivity contribution in [2.75, 3.05) is 6.61 Å². The van der Waals surface area contributed by atoms with Crippen molar-refractivity contribution in [1.82, 2.24) is 10.8 Å². The second kappa shape index (κ2) is 11.3. The smallest absolute Gasteiger partial charge is 0.274 e. The highest BCUT2D eigenvalue weighted by Crippen LogP contribution is 2.13. The quantitative estimate of drug-likeness (QED) is 0.282. The summed E-state index contributed by atoms with van der Waals surface area (Å²) in [6.45, 7) is 0.255. The van der Waals surface area contributed by atoms with E-state index in [1.165, 1.54) is 6.08 Å². The first-order chi connectivity index (χ1) is 15.1. The van der Waals surface area contributed by atoms with Crippen LogP contribution in [0.5, 0.6) is 5.75 Å². The van der Waals surface area contributed by atoms with Crippen molar-refractivity contribution in [3.05, 3.63) is 108 Å².